The van der Waals surface area contributed by atoms with Gasteiger partial charge in [0.1, 0.15) is 5.03 Å². The highest BCUT2D eigenvalue weighted by Gasteiger charge is 2.31. The van der Waals surface area contributed by atoms with Crippen LogP contribution in [-0.4, -0.2) is 30.5 Å². The van der Waals surface area contributed by atoms with E-state index in [1.165, 1.54) is 11.8 Å². The third-order valence-corrected chi connectivity index (χ3v) is 3.23. The van der Waals surface area contributed by atoms with Gasteiger partial charge < -0.3 is 10.5 Å². The van der Waals surface area contributed by atoms with E-state index < -0.39 is 11.7 Å². The first-order chi connectivity index (χ1) is 8.45. The van der Waals surface area contributed by atoms with Crippen LogP contribution in [0.4, 0.5) is 13.2 Å². The SMILES string of the molecule is NCCOCCSc1ncc(C(F)(F)F)cc1Cl. The largest absolute Gasteiger partial charge is 0.417 e. The molecule has 18 heavy (non-hydrogen) atoms. The summed E-state index contributed by atoms with van der Waals surface area (Å²) in [5.74, 6) is 0.554. The molecule has 102 valence electrons. The molecule has 1 aromatic heterocycles. The van der Waals surface area contributed by atoms with Crippen LogP contribution >= 0.6 is 23.4 Å². The Bertz CT molecular complexity index is 390. The molecular weight excluding hydrogens is 289 g/mol. The number of hydrogen-bond donors (Lipinski definition) is 1. The lowest BCUT2D eigenvalue weighted by atomic mass is 10.3. The van der Waals surface area contributed by atoms with Crippen molar-refractivity contribution in [2.45, 2.75) is 11.2 Å². The van der Waals surface area contributed by atoms with Gasteiger partial charge >= 0.3 is 6.18 Å². The number of nitrogens with zero attached hydrogens (tertiary/aromatic N) is 1. The van der Waals surface area contributed by atoms with Gasteiger partial charge in [-0.15, -0.1) is 11.8 Å². The van der Waals surface area contributed by atoms with Crippen molar-refractivity contribution < 1.29 is 17.9 Å². The molecule has 0 fully saturated rings. The maximum absolute atomic E-state index is 12.4. The minimum atomic E-state index is -4.43. The summed E-state index contributed by atoms with van der Waals surface area (Å²) in [4.78, 5) is 3.69. The van der Waals surface area contributed by atoms with E-state index >= 15 is 0 Å². The van der Waals surface area contributed by atoms with Crippen LogP contribution in [-0.2, 0) is 10.9 Å². The van der Waals surface area contributed by atoms with Crippen molar-refractivity contribution in [1.29, 1.82) is 0 Å². The summed E-state index contributed by atoms with van der Waals surface area (Å²) in [7, 11) is 0. The Morgan fingerprint density at radius 1 is 1.39 bits per heavy atom. The van der Waals surface area contributed by atoms with Crippen molar-refractivity contribution in [2.75, 3.05) is 25.5 Å². The van der Waals surface area contributed by atoms with E-state index in [0.717, 1.165) is 12.3 Å². The predicted molar refractivity (Wildman–Crippen MR) is 64.8 cm³/mol. The topological polar surface area (TPSA) is 48.1 Å². The Morgan fingerprint density at radius 2 is 2.11 bits per heavy atom. The van der Waals surface area contributed by atoms with Crippen molar-refractivity contribution in [1.82, 2.24) is 4.98 Å². The molecule has 1 heterocycles. The van der Waals surface area contributed by atoms with Gasteiger partial charge in [0.05, 0.1) is 23.8 Å². The standard InChI is InChI=1S/C10H12ClF3N2OS/c11-8-5-7(10(12,13)14)6-16-9(8)18-4-3-17-2-1-15/h5-6H,1-4,15H2. The van der Waals surface area contributed by atoms with Gasteiger partial charge in [-0.1, -0.05) is 11.6 Å². The monoisotopic (exact) mass is 300 g/mol. The van der Waals surface area contributed by atoms with E-state index in [4.69, 9.17) is 22.1 Å². The molecule has 0 bridgehead atoms. The molecule has 1 aromatic rings. The maximum atomic E-state index is 12.4. The van der Waals surface area contributed by atoms with E-state index in [2.05, 4.69) is 4.98 Å². The highest BCUT2D eigenvalue weighted by molar-refractivity contribution is 7.99. The summed E-state index contributed by atoms with van der Waals surface area (Å²) in [5.41, 5.74) is 4.38. The molecule has 3 nitrogen and oxygen atoms in total. The van der Waals surface area contributed by atoms with E-state index in [-0.39, 0.29) is 5.02 Å². The molecule has 0 aliphatic heterocycles. The summed E-state index contributed by atoms with van der Waals surface area (Å²) < 4.78 is 42.2. The first-order valence-corrected chi connectivity index (χ1v) is 6.45. The minimum absolute atomic E-state index is 0.00588. The average molecular weight is 301 g/mol. The fraction of sp³-hybridized carbons (Fsp3) is 0.500. The first-order valence-electron chi connectivity index (χ1n) is 5.08. The van der Waals surface area contributed by atoms with Gasteiger partial charge in [0.15, 0.2) is 0 Å². The average Bonchev–Trinajstić information content (AvgIpc) is 2.29. The molecule has 2 N–H and O–H groups in total. The summed E-state index contributed by atoms with van der Waals surface area (Å²) >= 11 is 6.97. The van der Waals surface area contributed by atoms with Crippen molar-refractivity contribution in [3.05, 3.63) is 22.8 Å². The minimum Gasteiger partial charge on any atom is -0.379 e. The number of rotatable bonds is 6. The zero-order valence-corrected chi connectivity index (χ0v) is 10.9. The van der Waals surface area contributed by atoms with Crippen molar-refractivity contribution in [2.24, 2.45) is 5.73 Å². The normalized spacial score (nSPS) is 11.8. The lowest BCUT2D eigenvalue weighted by molar-refractivity contribution is -0.137. The van der Waals surface area contributed by atoms with Crippen molar-refractivity contribution in [3.63, 3.8) is 0 Å². The number of thioether (sulfide) groups is 1. The van der Waals surface area contributed by atoms with Crippen LogP contribution in [0.25, 0.3) is 0 Å². The van der Waals surface area contributed by atoms with Gasteiger partial charge in [-0.3, -0.25) is 0 Å². The zero-order chi connectivity index (χ0) is 13.6. The van der Waals surface area contributed by atoms with Crippen LogP contribution < -0.4 is 5.73 Å². The van der Waals surface area contributed by atoms with Crippen LogP contribution in [0.5, 0.6) is 0 Å². The first kappa shape index (κ1) is 15.6. The highest BCUT2D eigenvalue weighted by Crippen LogP contribution is 2.33. The lowest BCUT2D eigenvalue weighted by Crippen LogP contribution is -2.10. The van der Waals surface area contributed by atoms with Crippen molar-refractivity contribution >= 4 is 23.4 Å². The van der Waals surface area contributed by atoms with Gasteiger partial charge in [0, 0.05) is 18.5 Å². The van der Waals surface area contributed by atoms with E-state index in [1.54, 1.807) is 0 Å². The number of hydrogen-bond acceptors (Lipinski definition) is 4. The van der Waals surface area contributed by atoms with Crippen LogP contribution in [0, 0.1) is 0 Å². The molecule has 0 amide bonds. The second-order valence-electron chi connectivity index (χ2n) is 3.26. The van der Waals surface area contributed by atoms with Gasteiger partial charge in [0.25, 0.3) is 0 Å². The van der Waals surface area contributed by atoms with Gasteiger partial charge in [-0.2, -0.15) is 13.2 Å². The molecule has 0 radical (unpaired) electrons. The molecule has 0 saturated carbocycles. The molecule has 0 saturated heterocycles. The summed E-state index contributed by atoms with van der Waals surface area (Å²) in [6, 6.07) is 0.873. The summed E-state index contributed by atoms with van der Waals surface area (Å²) in [6.45, 7) is 1.33. The zero-order valence-electron chi connectivity index (χ0n) is 9.34. The number of alkyl halides is 3. The number of halogens is 4. The number of aromatic nitrogens is 1. The molecule has 0 aliphatic rings. The number of nitrogens with two attached hydrogens (primary N) is 1. The Morgan fingerprint density at radius 3 is 2.67 bits per heavy atom. The number of ether oxygens (including phenoxy) is 1. The second-order valence-corrected chi connectivity index (χ2v) is 4.75. The van der Waals surface area contributed by atoms with Gasteiger partial charge in [-0.25, -0.2) is 4.98 Å². The molecule has 0 atom stereocenters. The highest BCUT2D eigenvalue weighted by atomic mass is 35.5. The predicted octanol–water partition coefficient (Wildman–Crippen LogP) is 2.82. The molecule has 8 heteroatoms. The van der Waals surface area contributed by atoms with Gasteiger partial charge in [-0.05, 0) is 6.07 Å². The Balaban J connectivity index is 2.53. The molecular formula is C10H12ClF3N2OS. The molecule has 0 unspecified atom stereocenters. The van der Waals surface area contributed by atoms with Crippen LogP contribution in [0.15, 0.2) is 17.3 Å². The summed E-state index contributed by atoms with van der Waals surface area (Å²) in [5, 5.41) is 0.356. The van der Waals surface area contributed by atoms with E-state index in [0.29, 0.717) is 30.5 Å². The molecule has 0 spiro atoms. The Hall–Kier alpha value is -0.500. The van der Waals surface area contributed by atoms with E-state index in [1.807, 2.05) is 0 Å². The lowest BCUT2D eigenvalue weighted by Gasteiger charge is -2.08. The Kier molecular flexibility index (Phi) is 6.20. The third kappa shape index (κ3) is 5.01. The van der Waals surface area contributed by atoms with Gasteiger partial charge in [0.2, 0.25) is 0 Å². The fourth-order valence-corrected chi connectivity index (χ4v) is 2.12. The fourth-order valence-electron chi connectivity index (χ4n) is 1.07. The third-order valence-electron chi connectivity index (χ3n) is 1.86. The summed E-state index contributed by atoms with van der Waals surface area (Å²) in [6.07, 6.45) is -3.65. The second kappa shape index (κ2) is 7.18. The number of pyridine rings is 1. The molecule has 1 rings (SSSR count). The van der Waals surface area contributed by atoms with E-state index in [9.17, 15) is 13.2 Å². The van der Waals surface area contributed by atoms with Crippen LogP contribution in [0.2, 0.25) is 5.02 Å². The quantitative estimate of drug-likeness (QED) is 0.648. The maximum Gasteiger partial charge on any atom is 0.417 e. The Labute approximate surface area is 112 Å². The van der Waals surface area contributed by atoms with Crippen LogP contribution in [0.1, 0.15) is 5.56 Å². The molecule has 0 aromatic carbocycles. The van der Waals surface area contributed by atoms with Crippen LogP contribution in [0.3, 0.4) is 0 Å². The van der Waals surface area contributed by atoms with Crippen molar-refractivity contribution in [3.8, 4) is 0 Å². The smallest absolute Gasteiger partial charge is 0.379 e. The molecule has 0 aliphatic carbocycles.